The fraction of sp³-hybridized carbons (Fsp3) is 0.176. The fourth-order valence-electron chi connectivity index (χ4n) is 2.41. The molecule has 1 amide bonds. The van der Waals surface area contributed by atoms with Crippen molar-refractivity contribution < 1.29 is 4.79 Å². The van der Waals surface area contributed by atoms with E-state index in [0.717, 1.165) is 5.56 Å². The highest BCUT2D eigenvalue weighted by Gasteiger charge is 2.18. The van der Waals surface area contributed by atoms with Crippen LogP contribution in [0.3, 0.4) is 0 Å². The number of nitrogens with one attached hydrogen (secondary N) is 1. The molecule has 116 valence electrons. The zero-order valence-electron chi connectivity index (χ0n) is 12.9. The summed E-state index contributed by atoms with van der Waals surface area (Å²) in [5, 5.41) is 7.35. The number of aryl methyl sites for hydroxylation is 2. The number of amides is 1. The Kier molecular flexibility index (Phi) is 3.89. The Morgan fingerprint density at radius 1 is 1.22 bits per heavy atom. The van der Waals surface area contributed by atoms with E-state index in [4.69, 9.17) is 0 Å². The highest BCUT2D eigenvalue weighted by molar-refractivity contribution is 6.04. The normalized spacial score (nSPS) is 10.7. The number of carbonyl (C=O) groups excluding carboxylic acids is 1. The molecule has 0 aliphatic heterocycles. The molecule has 1 aromatic carbocycles. The number of rotatable bonds is 3. The van der Waals surface area contributed by atoms with Crippen LogP contribution in [-0.4, -0.2) is 20.7 Å². The quantitative estimate of drug-likeness (QED) is 0.806. The van der Waals surface area contributed by atoms with Crippen LogP contribution in [0.1, 0.15) is 23.0 Å². The summed E-state index contributed by atoms with van der Waals surface area (Å²) in [4.78, 5) is 29.1. The van der Waals surface area contributed by atoms with Crippen LogP contribution in [0.4, 0.5) is 5.82 Å². The van der Waals surface area contributed by atoms with Gasteiger partial charge in [0.2, 0.25) is 5.43 Å². The van der Waals surface area contributed by atoms with Gasteiger partial charge in [-0.25, -0.2) is 4.98 Å². The third-order valence-electron chi connectivity index (χ3n) is 3.62. The lowest BCUT2D eigenvalue weighted by Gasteiger charge is -2.10. The zero-order valence-corrected chi connectivity index (χ0v) is 12.9. The largest absolute Gasteiger partial charge is 0.305 e. The van der Waals surface area contributed by atoms with Gasteiger partial charge in [0.05, 0.1) is 5.52 Å². The molecular formula is C17H16N4O2. The number of hydrogen-bond donors (Lipinski definition) is 1. The highest BCUT2D eigenvalue weighted by atomic mass is 16.2. The van der Waals surface area contributed by atoms with Crippen LogP contribution in [0.15, 0.2) is 47.4 Å². The minimum absolute atomic E-state index is 0.129. The van der Waals surface area contributed by atoms with Crippen LogP contribution in [0.5, 0.6) is 0 Å². The summed E-state index contributed by atoms with van der Waals surface area (Å²) >= 11 is 0. The summed E-state index contributed by atoms with van der Waals surface area (Å²) in [6.07, 6.45) is 1.58. The Morgan fingerprint density at radius 3 is 2.74 bits per heavy atom. The summed E-state index contributed by atoms with van der Waals surface area (Å²) in [6.45, 7) is 4.30. The Hall–Kier alpha value is -3.02. The summed E-state index contributed by atoms with van der Waals surface area (Å²) in [5.74, 6) is -0.125. The van der Waals surface area contributed by atoms with Crippen molar-refractivity contribution in [2.24, 2.45) is 0 Å². The number of hydrogen-bond acceptors (Lipinski definition) is 4. The van der Waals surface area contributed by atoms with Crippen molar-refractivity contribution in [3.63, 3.8) is 0 Å². The van der Waals surface area contributed by atoms with Gasteiger partial charge in [0.25, 0.3) is 5.91 Å². The van der Waals surface area contributed by atoms with Gasteiger partial charge in [0, 0.05) is 18.1 Å². The van der Waals surface area contributed by atoms with Crippen molar-refractivity contribution in [3.05, 3.63) is 64.1 Å². The van der Waals surface area contributed by atoms with Gasteiger partial charge in [-0.05, 0) is 37.6 Å². The number of benzene rings is 1. The molecule has 0 fully saturated rings. The van der Waals surface area contributed by atoms with Crippen molar-refractivity contribution in [1.82, 2.24) is 14.8 Å². The van der Waals surface area contributed by atoms with Gasteiger partial charge in [0.1, 0.15) is 5.82 Å². The predicted octanol–water partition coefficient (Wildman–Crippen LogP) is 2.37. The summed E-state index contributed by atoms with van der Waals surface area (Å²) in [7, 11) is 0. The molecule has 6 heteroatoms. The molecule has 0 atom stereocenters. The minimum Gasteiger partial charge on any atom is -0.305 e. The third kappa shape index (κ3) is 2.70. The molecule has 0 bridgehead atoms. The highest BCUT2D eigenvalue weighted by Crippen LogP contribution is 2.12. The van der Waals surface area contributed by atoms with E-state index in [9.17, 15) is 9.59 Å². The first kappa shape index (κ1) is 14.9. The van der Waals surface area contributed by atoms with Crippen molar-refractivity contribution in [2.45, 2.75) is 20.4 Å². The molecule has 0 aliphatic carbocycles. The van der Waals surface area contributed by atoms with Crippen molar-refractivity contribution in [3.8, 4) is 0 Å². The summed E-state index contributed by atoms with van der Waals surface area (Å²) in [6, 6.07) is 10.7. The van der Waals surface area contributed by atoms with Gasteiger partial charge in [-0.15, -0.1) is 0 Å². The first-order valence-corrected chi connectivity index (χ1v) is 7.34. The lowest BCUT2D eigenvalue weighted by molar-refractivity contribution is 0.101. The van der Waals surface area contributed by atoms with Gasteiger partial charge in [-0.1, -0.05) is 18.2 Å². The second kappa shape index (κ2) is 6.00. The predicted molar refractivity (Wildman–Crippen MR) is 88.6 cm³/mol. The number of aromatic nitrogens is 3. The third-order valence-corrected chi connectivity index (χ3v) is 3.62. The van der Waals surface area contributed by atoms with Crippen LogP contribution in [0.25, 0.3) is 10.9 Å². The molecule has 1 N–H and O–H groups in total. The van der Waals surface area contributed by atoms with Gasteiger partial charge in [0.15, 0.2) is 5.69 Å². The van der Waals surface area contributed by atoms with Gasteiger partial charge in [-0.2, -0.15) is 5.10 Å². The van der Waals surface area contributed by atoms with Gasteiger partial charge >= 0.3 is 0 Å². The number of anilines is 1. The molecule has 2 heterocycles. The lowest BCUT2D eigenvalue weighted by atomic mass is 10.2. The number of fused-ring (bicyclic) bond motifs is 1. The number of para-hydroxylation sites is 1. The molecule has 0 saturated carbocycles. The van der Waals surface area contributed by atoms with E-state index < -0.39 is 5.91 Å². The lowest BCUT2D eigenvalue weighted by Crippen LogP contribution is -2.27. The molecule has 3 rings (SSSR count). The van der Waals surface area contributed by atoms with Crippen LogP contribution in [0, 0.1) is 6.92 Å². The summed E-state index contributed by atoms with van der Waals surface area (Å²) < 4.78 is 1.65. The molecule has 2 aromatic heterocycles. The van der Waals surface area contributed by atoms with Crippen molar-refractivity contribution >= 4 is 22.6 Å². The number of pyridine rings is 1. The first-order chi connectivity index (χ1) is 11.1. The minimum atomic E-state index is -0.551. The van der Waals surface area contributed by atoms with E-state index in [0.29, 0.717) is 23.3 Å². The van der Waals surface area contributed by atoms with Crippen LogP contribution in [-0.2, 0) is 6.54 Å². The molecule has 3 aromatic rings. The number of carbonyl (C=O) groups is 1. The van der Waals surface area contributed by atoms with Crippen LogP contribution >= 0.6 is 0 Å². The maximum absolute atomic E-state index is 12.6. The van der Waals surface area contributed by atoms with E-state index in [2.05, 4.69) is 15.4 Å². The molecule has 0 radical (unpaired) electrons. The van der Waals surface area contributed by atoms with Gasteiger partial charge in [-0.3, -0.25) is 14.3 Å². The molecule has 0 saturated heterocycles. The molecule has 0 spiro atoms. The van der Waals surface area contributed by atoms with E-state index in [1.807, 2.05) is 32.0 Å². The topological polar surface area (TPSA) is 76.9 Å². The molecule has 0 aliphatic rings. The smallest absolute Gasteiger partial charge is 0.281 e. The van der Waals surface area contributed by atoms with Crippen molar-refractivity contribution in [2.75, 3.05) is 5.32 Å². The van der Waals surface area contributed by atoms with Crippen LogP contribution < -0.4 is 10.7 Å². The maximum atomic E-state index is 12.6. The van der Waals surface area contributed by atoms with E-state index >= 15 is 0 Å². The standard InChI is InChI=1S/C17H16N4O2/c1-3-21-13-9-5-4-8-12(13)15(22)14(20-21)17(23)19-16-11(2)7-6-10-18-16/h4-10H,3H2,1-2H3,(H,18,19,23). The molecule has 6 nitrogen and oxygen atoms in total. The summed E-state index contributed by atoms with van der Waals surface area (Å²) in [5.41, 5.74) is 1.02. The zero-order chi connectivity index (χ0) is 16.4. The maximum Gasteiger partial charge on any atom is 0.281 e. The Balaban J connectivity index is 2.09. The SMILES string of the molecule is CCn1nc(C(=O)Nc2ncccc2C)c(=O)c2ccccc21. The van der Waals surface area contributed by atoms with E-state index in [1.165, 1.54) is 0 Å². The second-order valence-electron chi connectivity index (χ2n) is 5.13. The van der Waals surface area contributed by atoms with E-state index in [1.54, 1.807) is 29.1 Å². The average molecular weight is 308 g/mol. The molecule has 0 unspecified atom stereocenters. The van der Waals surface area contributed by atoms with E-state index in [-0.39, 0.29) is 11.1 Å². The Morgan fingerprint density at radius 2 is 2.00 bits per heavy atom. The fourth-order valence-corrected chi connectivity index (χ4v) is 2.41. The first-order valence-electron chi connectivity index (χ1n) is 7.34. The Labute approximate surface area is 132 Å². The monoisotopic (exact) mass is 308 g/mol. The number of nitrogens with zero attached hydrogens (tertiary/aromatic N) is 3. The molecule has 23 heavy (non-hydrogen) atoms. The second-order valence-corrected chi connectivity index (χ2v) is 5.13. The van der Waals surface area contributed by atoms with Crippen LogP contribution in [0.2, 0.25) is 0 Å². The molecular weight excluding hydrogens is 292 g/mol. The Bertz CT molecular complexity index is 947. The van der Waals surface area contributed by atoms with Crippen molar-refractivity contribution in [1.29, 1.82) is 0 Å². The van der Waals surface area contributed by atoms with Gasteiger partial charge < -0.3 is 5.32 Å². The average Bonchev–Trinajstić information content (AvgIpc) is 2.57.